The fraction of sp³-hybridized carbons (Fsp3) is 0.667. The largest absolute Gasteiger partial charge is 0.341 e. The summed E-state index contributed by atoms with van der Waals surface area (Å²) >= 11 is 0. The van der Waals surface area contributed by atoms with Crippen LogP contribution in [0.5, 0.6) is 0 Å². The third kappa shape index (κ3) is 8.77. The molecule has 3 fully saturated rings. The average molecular weight is 466 g/mol. The van der Waals surface area contributed by atoms with Gasteiger partial charge < -0.3 is 14.7 Å². The van der Waals surface area contributed by atoms with Gasteiger partial charge >= 0.3 is 0 Å². The van der Waals surface area contributed by atoms with Gasteiger partial charge in [0.05, 0.1) is 25.0 Å². The number of hydrogen-bond acceptors (Lipinski definition) is 9. The van der Waals surface area contributed by atoms with Crippen molar-refractivity contribution in [1.29, 1.82) is 0 Å². The maximum absolute atomic E-state index is 5.48. The summed E-state index contributed by atoms with van der Waals surface area (Å²) in [5.74, 6) is 1.61. The van der Waals surface area contributed by atoms with Gasteiger partial charge in [0.25, 0.3) is 0 Å². The van der Waals surface area contributed by atoms with Gasteiger partial charge in [-0.25, -0.2) is 0 Å². The Bertz CT molecular complexity index is 641. The van der Waals surface area contributed by atoms with Crippen molar-refractivity contribution in [1.82, 2.24) is 14.7 Å². The highest BCUT2D eigenvalue weighted by Gasteiger charge is 2.34. The first kappa shape index (κ1) is 25.7. The van der Waals surface area contributed by atoms with E-state index in [1.54, 1.807) is 6.08 Å². The Hall–Kier alpha value is -1.88. The van der Waals surface area contributed by atoms with E-state index in [0.717, 1.165) is 19.6 Å². The van der Waals surface area contributed by atoms with E-state index in [-0.39, 0.29) is 19.8 Å². The molecule has 0 amide bonds. The molecule has 0 radical (unpaired) electrons. The smallest absolute Gasteiger partial charge is 0.149 e. The summed E-state index contributed by atoms with van der Waals surface area (Å²) in [7, 11) is 0. The zero-order valence-electron chi connectivity index (χ0n) is 20.3. The quantitative estimate of drug-likeness (QED) is 0.0942. The van der Waals surface area contributed by atoms with E-state index in [1.807, 2.05) is 0 Å². The maximum Gasteiger partial charge on any atom is 0.149 e. The Morgan fingerprint density at radius 2 is 0.970 bits per heavy atom. The first-order chi connectivity index (χ1) is 15.7. The van der Waals surface area contributed by atoms with Crippen LogP contribution in [0.4, 0.5) is 0 Å². The van der Waals surface area contributed by atoms with E-state index in [2.05, 4.69) is 61.8 Å². The molecule has 6 atom stereocenters. The van der Waals surface area contributed by atoms with E-state index in [1.165, 1.54) is 0 Å². The van der Waals surface area contributed by atoms with Crippen LogP contribution in [0.3, 0.4) is 0 Å². The SMILES string of the molecule is C=CC(COOC(=C)CN1CC1C)(COOC(=C)CN1CC1C)COOC(=C)CN1CC1C. The predicted octanol–water partition coefficient (Wildman–Crippen LogP) is 2.66. The molecule has 9 nitrogen and oxygen atoms in total. The van der Waals surface area contributed by atoms with Crippen molar-refractivity contribution >= 4 is 0 Å². The summed E-state index contributed by atoms with van der Waals surface area (Å²) in [5.41, 5.74) is -0.797. The van der Waals surface area contributed by atoms with Crippen molar-refractivity contribution in [3.05, 3.63) is 49.7 Å². The molecule has 3 saturated heterocycles. The molecule has 3 aliphatic heterocycles. The van der Waals surface area contributed by atoms with Crippen LogP contribution in [-0.2, 0) is 29.3 Å². The van der Waals surface area contributed by atoms with Gasteiger partial charge in [0.1, 0.15) is 37.1 Å². The zero-order chi connectivity index (χ0) is 24.0. The minimum atomic E-state index is -0.797. The number of hydrogen-bond donors (Lipinski definition) is 0. The Morgan fingerprint density at radius 3 is 1.18 bits per heavy atom. The normalized spacial score (nSPS) is 31.1. The summed E-state index contributed by atoms with van der Waals surface area (Å²) in [6, 6.07) is 1.67. The van der Waals surface area contributed by atoms with Gasteiger partial charge in [0.15, 0.2) is 0 Å². The van der Waals surface area contributed by atoms with Crippen LogP contribution in [0, 0.1) is 5.41 Å². The van der Waals surface area contributed by atoms with Crippen LogP contribution < -0.4 is 0 Å². The monoisotopic (exact) mass is 465 g/mol. The molecule has 3 aliphatic rings. The first-order valence-electron chi connectivity index (χ1n) is 11.5. The Kier molecular flexibility index (Phi) is 8.97. The van der Waals surface area contributed by atoms with Gasteiger partial charge in [-0.3, -0.25) is 14.7 Å². The molecular weight excluding hydrogens is 426 g/mol. The molecule has 0 saturated carbocycles. The lowest BCUT2D eigenvalue weighted by Gasteiger charge is -2.28. The van der Waals surface area contributed by atoms with Crippen LogP contribution in [0.25, 0.3) is 0 Å². The number of nitrogens with zero attached hydrogens (tertiary/aromatic N) is 3. The molecular formula is C24H39N3O6. The lowest BCUT2D eigenvalue weighted by atomic mass is 9.92. The van der Waals surface area contributed by atoms with Gasteiger partial charge in [0.2, 0.25) is 0 Å². The molecule has 0 spiro atoms. The van der Waals surface area contributed by atoms with Gasteiger partial charge in [-0.1, -0.05) is 25.8 Å². The highest BCUT2D eigenvalue weighted by atomic mass is 17.2. The maximum atomic E-state index is 5.48. The molecule has 0 aliphatic carbocycles. The summed E-state index contributed by atoms with van der Waals surface area (Å²) in [4.78, 5) is 39.2. The van der Waals surface area contributed by atoms with Crippen LogP contribution in [0.1, 0.15) is 20.8 Å². The molecule has 0 N–H and O–H groups in total. The zero-order valence-corrected chi connectivity index (χ0v) is 20.3. The minimum absolute atomic E-state index is 0.100. The van der Waals surface area contributed by atoms with Gasteiger partial charge in [-0.2, -0.15) is 14.7 Å². The van der Waals surface area contributed by atoms with Gasteiger partial charge in [0, 0.05) is 37.8 Å². The van der Waals surface area contributed by atoms with Gasteiger partial charge in [-0.05, 0) is 20.8 Å². The average Bonchev–Trinajstić information content (AvgIpc) is 3.70. The van der Waals surface area contributed by atoms with Crippen molar-refractivity contribution in [2.45, 2.75) is 38.9 Å². The van der Waals surface area contributed by atoms with Crippen LogP contribution in [0.2, 0.25) is 0 Å². The van der Waals surface area contributed by atoms with Crippen molar-refractivity contribution in [2.75, 3.05) is 59.1 Å². The molecule has 0 aromatic rings. The lowest BCUT2D eigenvalue weighted by molar-refractivity contribution is -0.336. The molecule has 0 aromatic carbocycles. The molecule has 6 unspecified atom stereocenters. The molecule has 186 valence electrons. The molecule has 33 heavy (non-hydrogen) atoms. The van der Waals surface area contributed by atoms with E-state index >= 15 is 0 Å². The van der Waals surface area contributed by atoms with Gasteiger partial charge in [-0.15, -0.1) is 6.58 Å². The molecule has 0 bridgehead atoms. The molecule has 3 rings (SSSR count). The highest BCUT2D eigenvalue weighted by molar-refractivity contribution is 4.98. The summed E-state index contributed by atoms with van der Waals surface area (Å²) in [6.45, 7) is 27.4. The van der Waals surface area contributed by atoms with Crippen molar-refractivity contribution in [2.24, 2.45) is 5.41 Å². The van der Waals surface area contributed by atoms with Crippen molar-refractivity contribution < 1.29 is 29.3 Å². The van der Waals surface area contributed by atoms with E-state index in [9.17, 15) is 0 Å². The standard InChI is InChI=1S/C24H39N3O6/c1-8-24(15-28-31-21(5)12-25-9-18(25)2,16-29-32-22(6)13-26-10-19(26)3)17-30-33-23(7)14-27-11-20(27)4/h8,18-20H,1,5-7,9-17H2,2-4H3. The highest BCUT2D eigenvalue weighted by Crippen LogP contribution is 2.25. The van der Waals surface area contributed by atoms with Crippen LogP contribution in [-0.4, -0.2) is 91.9 Å². The fourth-order valence-electron chi connectivity index (χ4n) is 3.29. The van der Waals surface area contributed by atoms with Crippen molar-refractivity contribution in [3.8, 4) is 0 Å². The van der Waals surface area contributed by atoms with Crippen LogP contribution >= 0.6 is 0 Å². The minimum Gasteiger partial charge on any atom is -0.341 e. The molecule has 9 heteroatoms. The predicted molar refractivity (Wildman–Crippen MR) is 124 cm³/mol. The summed E-state index contributed by atoms with van der Waals surface area (Å²) in [5, 5.41) is 0. The van der Waals surface area contributed by atoms with Crippen LogP contribution in [0.15, 0.2) is 49.7 Å². The molecule has 0 aromatic heterocycles. The third-order valence-corrected chi connectivity index (χ3v) is 6.11. The second-order valence-corrected chi connectivity index (χ2v) is 9.55. The topological polar surface area (TPSA) is 64.4 Å². The summed E-state index contributed by atoms with van der Waals surface area (Å²) < 4.78 is 0. The van der Waals surface area contributed by atoms with Crippen molar-refractivity contribution in [3.63, 3.8) is 0 Å². The summed E-state index contributed by atoms with van der Waals surface area (Å²) in [6.07, 6.45) is 1.68. The third-order valence-electron chi connectivity index (χ3n) is 6.11. The Balaban J connectivity index is 1.43. The Morgan fingerprint density at radius 1 is 0.697 bits per heavy atom. The second-order valence-electron chi connectivity index (χ2n) is 9.55. The fourth-order valence-corrected chi connectivity index (χ4v) is 3.29. The first-order valence-corrected chi connectivity index (χ1v) is 11.5. The molecule has 3 heterocycles. The number of rotatable bonds is 19. The van der Waals surface area contributed by atoms with E-state index in [4.69, 9.17) is 29.3 Å². The lowest BCUT2D eigenvalue weighted by Crippen LogP contribution is -2.35. The Labute approximate surface area is 197 Å². The van der Waals surface area contributed by atoms with E-state index < -0.39 is 5.41 Å². The second kappa shape index (κ2) is 11.5. The van der Waals surface area contributed by atoms with E-state index in [0.29, 0.717) is 55.0 Å².